The van der Waals surface area contributed by atoms with Gasteiger partial charge in [-0.2, -0.15) is 0 Å². The van der Waals surface area contributed by atoms with E-state index in [-0.39, 0.29) is 69.9 Å². The molecule has 17 N–H and O–H groups in total. The number of para-hydroxylation sites is 1. The summed E-state index contributed by atoms with van der Waals surface area (Å²) in [5, 5.41) is 32.1. The summed E-state index contributed by atoms with van der Waals surface area (Å²) in [6.07, 6.45) is 8.51. The molecule has 2 aliphatic heterocycles. The van der Waals surface area contributed by atoms with Crippen molar-refractivity contribution in [2.75, 3.05) is 26.2 Å². The highest BCUT2D eigenvalue weighted by Gasteiger charge is 2.42. The third kappa shape index (κ3) is 19.7. The molecule has 2 saturated heterocycles. The van der Waals surface area contributed by atoms with E-state index in [1.54, 1.807) is 19.3 Å². The molecule has 0 bridgehead atoms. The Kier molecular flexibility index (Phi) is 25.7. The highest BCUT2D eigenvalue weighted by atomic mass is 16.4. The van der Waals surface area contributed by atoms with Crippen LogP contribution in [-0.4, -0.2) is 169 Å². The van der Waals surface area contributed by atoms with Crippen LogP contribution in [0.1, 0.15) is 117 Å². The number of nitrogens with two attached hydrogens (primary N) is 4. The lowest BCUT2D eigenvalue weighted by molar-refractivity contribution is -0.143. The molecule has 7 amide bonds. The van der Waals surface area contributed by atoms with E-state index in [1.165, 1.54) is 16.1 Å². The minimum atomic E-state index is -1.27. The number of hydrogen-bond donors (Lipinski definition) is 13. The van der Waals surface area contributed by atoms with Gasteiger partial charge in [0, 0.05) is 68.4 Å². The van der Waals surface area contributed by atoms with Crippen LogP contribution in [0, 0.1) is 11.8 Å². The Bertz CT molecular complexity index is 2550. The third-order valence-electron chi connectivity index (χ3n) is 14.0. The van der Waals surface area contributed by atoms with E-state index in [1.807, 2.05) is 45.0 Å². The van der Waals surface area contributed by atoms with Crippen LogP contribution in [-0.2, 0) is 56.0 Å². The van der Waals surface area contributed by atoms with Gasteiger partial charge in [0.1, 0.15) is 42.3 Å². The van der Waals surface area contributed by atoms with E-state index in [0.717, 1.165) is 17.8 Å². The molecule has 26 heteroatoms. The first-order valence-corrected chi connectivity index (χ1v) is 27.1. The number of unbranched alkanes of at least 4 members (excludes halogenated alkanes) is 1. The number of likely N-dealkylation sites (tertiary alicyclic amines) is 2. The standard InChI is InChI=1S/C51H79N15O9.C2H4O2/c1-5-30(4)42(47(71)63-39(50(74)75)23-29(2)3)64-44(68)38(24-31-26-58-35-14-7-6-13-33(31)35)62-46(70)41-18-12-22-66(41)49(73)37(16-10-20-57-51(54)55)61-43(67)36(15-8-9-19-52)60-45(69)40-17-11-21-65(40)48(72)34(53)25-32-27-56-28-59-32;1-2(3)4/h6-7,13-14,26-30,34,36-42,58H,5,8-12,15-25,52-53H2,1-4H3,(H,56,59)(H,60,69)(H,61,67)(H,62,70)(H,63,71)(H,64,68)(H,74,75)(H4,54,55,57);1H3,(H,3,4)/t30-,34-,36-,37-,38-,39-,40-,41-,42-;/m0./s1. The summed E-state index contributed by atoms with van der Waals surface area (Å²) in [5.41, 5.74) is 25.4. The number of hydrogen-bond acceptors (Lipinski definition) is 13. The Morgan fingerprint density at radius 2 is 1.35 bits per heavy atom. The highest BCUT2D eigenvalue weighted by Crippen LogP contribution is 2.24. The molecule has 5 rings (SSSR count). The molecule has 3 aromatic rings. The van der Waals surface area contributed by atoms with Crippen molar-refractivity contribution in [1.82, 2.24) is 51.3 Å². The molecule has 0 radical (unpaired) electrons. The van der Waals surface area contributed by atoms with Crippen molar-refractivity contribution in [3.8, 4) is 0 Å². The summed E-state index contributed by atoms with van der Waals surface area (Å²) in [5.74, 6) is -6.94. The number of carboxylic acid groups (broad SMARTS) is 2. The van der Waals surface area contributed by atoms with Crippen LogP contribution in [0.25, 0.3) is 10.9 Å². The molecule has 2 fully saturated rings. The van der Waals surface area contributed by atoms with Gasteiger partial charge in [-0.05, 0) is 94.2 Å². The number of carbonyl (C=O) groups is 9. The second kappa shape index (κ2) is 31.7. The predicted molar refractivity (Wildman–Crippen MR) is 294 cm³/mol. The number of fused-ring (bicyclic) bond motifs is 1. The van der Waals surface area contributed by atoms with Gasteiger partial charge < -0.3 is 79.5 Å². The summed E-state index contributed by atoms with van der Waals surface area (Å²) < 4.78 is 0. The fourth-order valence-electron chi connectivity index (χ4n) is 9.71. The van der Waals surface area contributed by atoms with E-state index in [4.69, 9.17) is 32.8 Å². The Balaban J connectivity index is 0.00000325. The molecule has 2 aromatic heterocycles. The van der Waals surface area contributed by atoms with Crippen LogP contribution in [0.3, 0.4) is 0 Å². The predicted octanol–water partition coefficient (Wildman–Crippen LogP) is -0.140. The average Bonchev–Trinajstić information content (AvgIpc) is 4.27. The molecule has 9 atom stereocenters. The van der Waals surface area contributed by atoms with E-state index in [9.17, 15) is 43.5 Å². The Morgan fingerprint density at radius 1 is 0.759 bits per heavy atom. The SMILES string of the molecule is CC(=O)O.CC[C@H](C)[C@H](NC(=O)[C@H](Cc1c[nH]c2ccccc12)NC(=O)[C@@H]1CCCN1C(=O)[C@H](CCCN=C(N)N)NC(=O)[C@H](CCCCN)NC(=O)[C@@H]1CCCN1C(=O)[C@@H](N)Cc1cnc[nH]1)C(=O)N[C@@H](CC(C)C)C(=O)O. The van der Waals surface area contributed by atoms with Crippen molar-refractivity contribution < 1.29 is 53.4 Å². The lowest BCUT2D eigenvalue weighted by Gasteiger charge is -2.32. The Morgan fingerprint density at radius 3 is 1.94 bits per heavy atom. The van der Waals surface area contributed by atoms with Gasteiger partial charge in [0.25, 0.3) is 5.97 Å². The summed E-state index contributed by atoms with van der Waals surface area (Å²) in [4.78, 5) is 138. The zero-order valence-corrected chi connectivity index (χ0v) is 46.0. The van der Waals surface area contributed by atoms with Crippen molar-refractivity contribution in [2.24, 2.45) is 39.8 Å². The number of aliphatic imine (C=N–C) groups is 1. The molecule has 26 nitrogen and oxygen atoms in total. The summed E-state index contributed by atoms with van der Waals surface area (Å²) in [6, 6.07) is -1.48. The third-order valence-corrected chi connectivity index (χ3v) is 14.0. The monoisotopic (exact) mass is 1110 g/mol. The molecule has 1 aromatic carbocycles. The number of carboxylic acids is 2. The highest BCUT2D eigenvalue weighted by molar-refractivity contribution is 5.98. The number of nitrogens with one attached hydrogen (secondary N) is 7. The van der Waals surface area contributed by atoms with E-state index in [2.05, 4.69) is 46.5 Å². The number of guanidine groups is 1. The molecule has 79 heavy (non-hydrogen) atoms. The van der Waals surface area contributed by atoms with Gasteiger partial charge in [-0.25, -0.2) is 9.78 Å². The van der Waals surface area contributed by atoms with Gasteiger partial charge in [-0.15, -0.1) is 0 Å². The maximum atomic E-state index is 14.8. The molecular formula is C53H83N15O11. The topological polar surface area (TPSA) is 422 Å². The fourth-order valence-corrected chi connectivity index (χ4v) is 9.71. The zero-order chi connectivity index (χ0) is 58.3. The lowest BCUT2D eigenvalue weighted by atomic mass is 9.96. The Hall–Kier alpha value is -7.61. The number of imidazole rings is 1. The largest absolute Gasteiger partial charge is 0.481 e. The number of aromatic nitrogens is 3. The number of rotatable bonds is 29. The number of H-pyrrole nitrogens is 2. The summed E-state index contributed by atoms with van der Waals surface area (Å²) >= 11 is 0. The van der Waals surface area contributed by atoms with Gasteiger partial charge in [-0.1, -0.05) is 52.3 Å². The van der Waals surface area contributed by atoms with E-state index in [0.29, 0.717) is 62.9 Å². The van der Waals surface area contributed by atoms with Crippen LogP contribution >= 0.6 is 0 Å². The fraction of sp³-hybridized carbons (Fsp3) is 0.604. The average molecular weight is 1110 g/mol. The van der Waals surface area contributed by atoms with Crippen LogP contribution in [0.5, 0.6) is 0 Å². The minimum absolute atomic E-state index is 0.0201. The first kappa shape index (κ1) is 63.9. The lowest BCUT2D eigenvalue weighted by Crippen LogP contribution is -2.60. The second-order valence-electron chi connectivity index (χ2n) is 20.7. The maximum absolute atomic E-state index is 14.8. The summed E-state index contributed by atoms with van der Waals surface area (Å²) in [7, 11) is 0. The molecule has 0 spiro atoms. The molecule has 436 valence electrons. The van der Waals surface area contributed by atoms with E-state index < -0.39 is 108 Å². The molecule has 0 unspecified atom stereocenters. The van der Waals surface area contributed by atoms with Crippen molar-refractivity contribution in [3.05, 3.63) is 54.2 Å². The van der Waals surface area contributed by atoms with Crippen molar-refractivity contribution in [1.29, 1.82) is 0 Å². The van der Waals surface area contributed by atoms with Gasteiger partial charge in [0.05, 0.1) is 12.4 Å². The van der Waals surface area contributed by atoms with Gasteiger partial charge in [0.15, 0.2) is 5.96 Å². The molecule has 0 aliphatic carbocycles. The molecule has 4 heterocycles. The molecule has 0 saturated carbocycles. The van der Waals surface area contributed by atoms with Gasteiger partial charge >= 0.3 is 5.97 Å². The zero-order valence-electron chi connectivity index (χ0n) is 46.0. The van der Waals surface area contributed by atoms with Crippen molar-refractivity contribution in [3.63, 3.8) is 0 Å². The van der Waals surface area contributed by atoms with Gasteiger partial charge in [0.2, 0.25) is 41.4 Å². The second-order valence-corrected chi connectivity index (χ2v) is 20.7. The summed E-state index contributed by atoms with van der Waals surface area (Å²) in [6.45, 7) is 9.23. The number of aromatic amines is 2. The number of aliphatic carboxylic acids is 2. The first-order valence-electron chi connectivity index (χ1n) is 27.1. The van der Waals surface area contributed by atoms with Crippen LogP contribution in [0.2, 0.25) is 0 Å². The van der Waals surface area contributed by atoms with Crippen molar-refractivity contribution in [2.45, 2.75) is 166 Å². The minimum Gasteiger partial charge on any atom is -0.481 e. The number of benzene rings is 1. The van der Waals surface area contributed by atoms with Gasteiger partial charge in [-0.3, -0.25) is 43.3 Å². The first-order chi connectivity index (χ1) is 37.6. The van der Waals surface area contributed by atoms with Crippen LogP contribution < -0.4 is 49.5 Å². The smallest absolute Gasteiger partial charge is 0.326 e. The van der Waals surface area contributed by atoms with E-state index >= 15 is 0 Å². The normalized spacial score (nSPS) is 17.7. The number of nitrogens with zero attached hydrogens (tertiary/aromatic N) is 4. The van der Waals surface area contributed by atoms with Crippen LogP contribution in [0.15, 0.2) is 48.0 Å². The Labute approximate surface area is 460 Å². The number of carbonyl (C=O) groups excluding carboxylic acids is 7. The maximum Gasteiger partial charge on any atom is 0.326 e. The molecule has 2 aliphatic rings. The van der Waals surface area contributed by atoms with Crippen LogP contribution in [0.4, 0.5) is 0 Å². The number of amides is 7. The molecular weight excluding hydrogens is 1020 g/mol. The van der Waals surface area contributed by atoms with Crippen molar-refractivity contribution >= 4 is 70.2 Å². The quantitative estimate of drug-likeness (QED) is 0.0244.